The average Bonchev–Trinajstić information content (AvgIpc) is 2.89. The van der Waals surface area contributed by atoms with Crippen molar-refractivity contribution in [1.29, 1.82) is 0 Å². The van der Waals surface area contributed by atoms with Crippen LogP contribution in [0.15, 0.2) is 12.1 Å². The highest BCUT2D eigenvalue weighted by Crippen LogP contribution is 2.64. The number of carbonyl (C=O) groups is 1. The monoisotopic (exact) mass is 323 g/mol. The van der Waals surface area contributed by atoms with Crippen LogP contribution in [0.4, 0.5) is 0 Å². The number of likely N-dealkylation sites (N-methyl/N-ethyl adjacent to an activating group) is 1. The molecule has 2 heterocycles. The summed E-state index contributed by atoms with van der Waals surface area (Å²) in [5, 5.41) is 12.1. The topological polar surface area (TPSA) is 59.0 Å². The molecule has 0 radical (unpaired) electrons. The van der Waals surface area contributed by atoms with Gasteiger partial charge in [-0.15, -0.1) is 0 Å². The van der Waals surface area contributed by atoms with Gasteiger partial charge in [-0.3, -0.25) is 4.79 Å². The minimum atomic E-state index is -2.64. The lowest BCUT2D eigenvalue weighted by atomic mass is 9.49. The van der Waals surface area contributed by atoms with Gasteiger partial charge in [-0.25, -0.2) is 0 Å². The first kappa shape index (κ1) is 7.99. The van der Waals surface area contributed by atoms with E-state index < -0.39 is 48.7 Å². The number of aliphatic hydroxyl groups is 1. The van der Waals surface area contributed by atoms with Gasteiger partial charge in [0.05, 0.1) is 22.2 Å². The van der Waals surface area contributed by atoms with Crippen LogP contribution in [0, 0.1) is 0 Å². The minimum absolute atomic E-state index is 0.0824. The van der Waals surface area contributed by atoms with Crippen LogP contribution in [0.1, 0.15) is 41.3 Å². The van der Waals surface area contributed by atoms with Crippen molar-refractivity contribution in [1.82, 2.24) is 4.90 Å². The van der Waals surface area contributed by atoms with Gasteiger partial charge in [-0.1, -0.05) is 6.04 Å². The second kappa shape index (κ2) is 4.08. The van der Waals surface area contributed by atoms with Crippen LogP contribution >= 0.6 is 0 Å². The molecule has 122 valence electrons. The molecule has 4 atom stereocenters. The molecule has 2 aliphatic heterocycles. The van der Waals surface area contributed by atoms with Gasteiger partial charge < -0.3 is 19.5 Å². The van der Waals surface area contributed by atoms with Crippen LogP contribution in [0.25, 0.3) is 0 Å². The molecule has 1 aromatic rings. The number of piperidine rings is 1. The predicted molar refractivity (Wildman–Crippen MR) is 83.0 cm³/mol. The minimum Gasteiger partial charge on any atom is -0.493 e. The maximum atomic E-state index is 13.2. The van der Waals surface area contributed by atoms with Gasteiger partial charge >= 0.3 is 0 Å². The Kier molecular flexibility index (Phi) is 1.42. The molecule has 0 aromatic heterocycles. The second-order valence-corrected chi connectivity index (χ2v) is 6.57. The fraction of sp³-hybridized carbons (Fsp3) is 0.611. The number of hydrogen-bond acceptors (Lipinski definition) is 5. The molecule has 2 bridgehead atoms. The van der Waals surface area contributed by atoms with Crippen molar-refractivity contribution in [3.63, 3.8) is 0 Å². The smallest absolute Gasteiger partial charge is 0.174 e. The quantitative estimate of drug-likeness (QED) is 0.837. The van der Waals surface area contributed by atoms with E-state index in [-0.39, 0.29) is 54.1 Å². The summed E-state index contributed by atoms with van der Waals surface area (Å²) in [6.07, 6.45) is -6.25. The molecule has 1 aromatic carbocycles. The Balaban J connectivity index is 1.92. The van der Waals surface area contributed by atoms with E-state index in [9.17, 15) is 9.90 Å². The Labute approximate surface area is 146 Å². The summed E-state index contributed by atoms with van der Waals surface area (Å²) >= 11 is 0. The SMILES string of the molecule is [2H]c1c([2H])c(OC)c2c3c1C[C@H]1N(C([2H])([2H])[2H])CC[C@@]34C([2H])(O2)C(=O)C([2H])([2H])C[C@@]14O. The first-order valence-electron chi connectivity index (χ1n) is 11.6. The number of hydrogen-bond donors (Lipinski definition) is 1. The summed E-state index contributed by atoms with van der Waals surface area (Å²) in [6.45, 7) is -2.71. The third-order valence-corrected chi connectivity index (χ3v) is 5.80. The standard InChI is InChI=1S/C18H21NO4/c1-19-8-7-17-14-10-3-4-12(22-2)15(14)23-16(17)11(20)5-6-18(17,21)13(19)9-10/h3-4,13,16,21H,5-9H2,1-2H3/t13-,16?,17+,18-/m1/s1/i1D3,3D,4D,5D2,16D. The molecule has 4 aliphatic rings. The van der Waals surface area contributed by atoms with E-state index in [1.165, 1.54) is 7.11 Å². The maximum absolute atomic E-state index is 13.2. The normalized spacial score (nSPS) is 51.6. The Morgan fingerprint density at radius 1 is 1.61 bits per heavy atom. The van der Waals surface area contributed by atoms with E-state index in [0.717, 1.165) is 4.90 Å². The zero-order valence-electron chi connectivity index (χ0n) is 20.5. The Hall–Kier alpha value is -1.59. The van der Waals surface area contributed by atoms with Gasteiger partial charge in [-0.2, -0.15) is 0 Å². The molecule has 1 saturated heterocycles. The summed E-state index contributed by atoms with van der Waals surface area (Å²) in [5.41, 5.74) is -3.48. The summed E-state index contributed by atoms with van der Waals surface area (Å²) < 4.78 is 77.3. The largest absolute Gasteiger partial charge is 0.493 e. The predicted octanol–water partition coefficient (Wildman–Crippen LogP) is 1.05. The van der Waals surface area contributed by atoms with Crippen molar-refractivity contribution in [2.75, 3.05) is 20.6 Å². The van der Waals surface area contributed by atoms with Crippen molar-refractivity contribution in [3.8, 4) is 11.5 Å². The maximum Gasteiger partial charge on any atom is 0.174 e. The van der Waals surface area contributed by atoms with Crippen LogP contribution in [-0.2, 0) is 16.6 Å². The first-order chi connectivity index (χ1) is 14.2. The Morgan fingerprint density at radius 3 is 3.26 bits per heavy atom. The molecule has 2 aliphatic carbocycles. The second-order valence-electron chi connectivity index (χ2n) is 6.57. The summed E-state index contributed by atoms with van der Waals surface area (Å²) in [5.74, 6) is -1.44. The molecule has 0 amide bonds. The van der Waals surface area contributed by atoms with Gasteiger partial charge in [0.2, 0.25) is 0 Å². The van der Waals surface area contributed by atoms with Gasteiger partial charge in [-0.05, 0) is 44.4 Å². The van der Waals surface area contributed by atoms with E-state index in [0.29, 0.717) is 0 Å². The molecular formula is C18H21NO4. The van der Waals surface area contributed by atoms with Crippen molar-refractivity contribution in [2.45, 2.75) is 48.8 Å². The number of likely N-dealkylation sites (tertiary alicyclic amines) is 1. The molecule has 1 unspecified atom stereocenters. The molecule has 1 spiro atoms. The van der Waals surface area contributed by atoms with Crippen LogP contribution in [0.3, 0.4) is 0 Å². The number of ketones is 1. The van der Waals surface area contributed by atoms with Gasteiger partial charge in [0.1, 0.15) is 0 Å². The van der Waals surface area contributed by atoms with Crippen LogP contribution < -0.4 is 9.47 Å². The summed E-state index contributed by atoms with van der Waals surface area (Å²) in [7, 11) is 1.26. The van der Waals surface area contributed by atoms with Gasteiger partial charge in [0, 0.05) is 24.8 Å². The van der Waals surface area contributed by atoms with Crippen LogP contribution in [-0.4, -0.2) is 54.1 Å². The third kappa shape index (κ3) is 1.32. The summed E-state index contributed by atoms with van der Waals surface area (Å²) in [4.78, 5) is 14.3. The van der Waals surface area contributed by atoms with Crippen molar-refractivity contribution in [2.24, 2.45) is 0 Å². The van der Waals surface area contributed by atoms with Gasteiger partial charge in [0.15, 0.2) is 23.4 Å². The van der Waals surface area contributed by atoms with Crippen molar-refractivity contribution in [3.05, 3.63) is 23.2 Å². The number of Topliss-reactive ketones (excluding diaryl/α,β-unsaturated/α-hetero) is 1. The molecule has 2 fully saturated rings. The summed E-state index contributed by atoms with van der Waals surface area (Å²) in [6, 6.07) is -1.78. The molecule has 5 rings (SSSR count). The molecule has 1 N–H and O–H groups in total. The van der Waals surface area contributed by atoms with Crippen LogP contribution in [0.5, 0.6) is 11.5 Å². The fourth-order valence-corrected chi connectivity index (χ4v) is 4.78. The van der Waals surface area contributed by atoms with Crippen LogP contribution in [0.2, 0.25) is 0 Å². The number of benzene rings is 1. The molecule has 1 saturated carbocycles. The number of nitrogens with zero attached hydrogens (tertiary/aromatic N) is 1. The number of carbonyl (C=O) groups excluding carboxylic acids is 1. The molecule has 5 nitrogen and oxygen atoms in total. The third-order valence-electron chi connectivity index (χ3n) is 5.80. The van der Waals surface area contributed by atoms with E-state index >= 15 is 0 Å². The zero-order valence-corrected chi connectivity index (χ0v) is 12.5. The molecular weight excluding hydrogens is 294 g/mol. The molecule has 5 heteroatoms. The van der Waals surface area contributed by atoms with Crippen molar-refractivity contribution < 1.29 is 30.3 Å². The fourth-order valence-electron chi connectivity index (χ4n) is 4.78. The van der Waals surface area contributed by atoms with E-state index in [1.807, 2.05) is 0 Å². The average molecular weight is 323 g/mol. The van der Waals surface area contributed by atoms with E-state index in [4.69, 9.17) is 20.4 Å². The highest BCUT2D eigenvalue weighted by atomic mass is 16.5. The zero-order chi connectivity index (χ0) is 22.9. The lowest BCUT2D eigenvalue weighted by Gasteiger charge is -2.62. The number of ether oxygens (including phenoxy) is 2. The van der Waals surface area contributed by atoms with E-state index in [1.54, 1.807) is 0 Å². The highest BCUT2D eigenvalue weighted by Gasteiger charge is 2.72. The van der Waals surface area contributed by atoms with Gasteiger partial charge in [0.25, 0.3) is 0 Å². The first-order valence-corrected chi connectivity index (χ1v) is 7.61. The Morgan fingerprint density at radius 2 is 2.48 bits per heavy atom. The molecule has 23 heavy (non-hydrogen) atoms. The number of methoxy groups -OCH3 is 1. The highest BCUT2D eigenvalue weighted by molar-refractivity contribution is 5.90. The number of rotatable bonds is 1. The van der Waals surface area contributed by atoms with Crippen molar-refractivity contribution >= 4 is 5.78 Å². The lowest BCUT2D eigenvalue weighted by Crippen LogP contribution is -2.76. The van der Waals surface area contributed by atoms with E-state index in [2.05, 4.69) is 0 Å². The lowest BCUT2D eigenvalue weighted by molar-refractivity contribution is -0.185. The Bertz CT molecular complexity index is 1040.